The molecule has 0 heterocycles. The molecule has 1 amide bonds. The van der Waals surface area contributed by atoms with E-state index in [2.05, 4.69) is 17.4 Å². The predicted octanol–water partition coefficient (Wildman–Crippen LogP) is 3.60. The fourth-order valence-corrected chi connectivity index (χ4v) is 2.52. The van der Waals surface area contributed by atoms with Crippen molar-refractivity contribution in [2.45, 2.75) is 38.8 Å². The molecule has 0 fully saturated rings. The maximum absolute atomic E-state index is 12.4. The van der Waals surface area contributed by atoms with Gasteiger partial charge in [0, 0.05) is 11.6 Å². The normalized spacial score (nSPS) is 12.3. The maximum Gasteiger partial charge on any atom is 0.261 e. The van der Waals surface area contributed by atoms with Gasteiger partial charge in [0.1, 0.15) is 11.5 Å². The van der Waals surface area contributed by atoms with Crippen molar-refractivity contribution in [3.63, 3.8) is 0 Å². The number of amides is 1. The molecule has 0 unspecified atom stereocenters. The maximum atomic E-state index is 12.4. The molecule has 0 aliphatic rings. The minimum Gasteiger partial charge on any atom is -0.497 e. The Morgan fingerprint density at radius 2 is 1.75 bits per heavy atom. The molecule has 0 aromatic heterocycles. The highest BCUT2D eigenvalue weighted by molar-refractivity contribution is 5.81. The van der Waals surface area contributed by atoms with E-state index < -0.39 is 6.10 Å². The van der Waals surface area contributed by atoms with Crippen molar-refractivity contribution < 1.29 is 14.3 Å². The number of rotatable bonds is 7. The van der Waals surface area contributed by atoms with E-state index in [1.807, 2.05) is 44.2 Å². The lowest BCUT2D eigenvalue weighted by Gasteiger charge is -2.28. The summed E-state index contributed by atoms with van der Waals surface area (Å²) < 4.78 is 10.9. The summed E-state index contributed by atoms with van der Waals surface area (Å²) in [6.45, 7) is 5.76. The summed E-state index contributed by atoms with van der Waals surface area (Å²) in [7, 11) is 1.60. The molecule has 1 atom stereocenters. The van der Waals surface area contributed by atoms with E-state index in [4.69, 9.17) is 9.47 Å². The van der Waals surface area contributed by atoms with Gasteiger partial charge in [0.2, 0.25) is 0 Å². The average Bonchev–Trinajstić information content (AvgIpc) is 2.55. The molecule has 4 nitrogen and oxygen atoms in total. The zero-order chi connectivity index (χ0) is 17.6. The lowest BCUT2D eigenvalue weighted by molar-refractivity contribution is -0.128. The van der Waals surface area contributed by atoms with Crippen LogP contribution in [0.25, 0.3) is 0 Å². The van der Waals surface area contributed by atoms with Crippen LogP contribution in [0, 0.1) is 0 Å². The largest absolute Gasteiger partial charge is 0.497 e. The molecule has 128 valence electrons. The van der Waals surface area contributed by atoms with Gasteiger partial charge in [-0.1, -0.05) is 36.4 Å². The lowest BCUT2D eigenvalue weighted by Crippen LogP contribution is -2.49. The number of carbonyl (C=O) groups is 1. The second kappa shape index (κ2) is 7.86. The highest BCUT2D eigenvalue weighted by atomic mass is 16.5. The van der Waals surface area contributed by atoms with Gasteiger partial charge in [0.05, 0.1) is 7.11 Å². The van der Waals surface area contributed by atoms with E-state index in [1.165, 1.54) is 5.56 Å². The Hall–Kier alpha value is -2.49. The van der Waals surface area contributed by atoms with E-state index in [0.29, 0.717) is 11.5 Å². The smallest absolute Gasteiger partial charge is 0.261 e. The Balaban J connectivity index is 1.94. The van der Waals surface area contributed by atoms with Crippen LogP contribution in [0.5, 0.6) is 11.5 Å². The molecule has 0 radical (unpaired) electrons. The third-order valence-corrected chi connectivity index (χ3v) is 3.67. The number of hydrogen-bond donors (Lipinski definition) is 1. The summed E-state index contributed by atoms with van der Waals surface area (Å²) >= 11 is 0. The molecule has 0 aliphatic carbocycles. The molecule has 0 saturated carbocycles. The quantitative estimate of drug-likeness (QED) is 0.845. The third kappa shape index (κ3) is 5.30. The SMILES string of the molecule is COc1cccc(O[C@@H](C)C(=O)NC(C)(C)Cc2ccccc2)c1. The molecule has 0 spiro atoms. The van der Waals surface area contributed by atoms with Gasteiger partial charge in [-0.3, -0.25) is 4.79 Å². The van der Waals surface area contributed by atoms with Crippen molar-refractivity contribution in [1.82, 2.24) is 5.32 Å². The standard InChI is InChI=1S/C20H25NO3/c1-15(24-18-12-8-11-17(13-18)23-4)19(22)21-20(2,3)14-16-9-6-5-7-10-16/h5-13,15H,14H2,1-4H3,(H,21,22)/t15-/m0/s1. The van der Waals surface area contributed by atoms with Crippen molar-refractivity contribution in [3.8, 4) is 11.5 Å². The summed E-state index contributed by atoms with van der Waals surface area (Å²) in [5, 5.41) is 3.06. The predicted molar refractivity (Wildman–Crippen MR) is 95.5 cm³/mol. The van der Waals surface area contributed by atoms with Crippen LogP contribution in [0.4, 0.5) is 0 Å². The van der Waals surface area contributed by atoms with Gasteiger partial charge in [0.15, 0.2) is 6.10 Å². The monoisotopic (exact) mass is 327 g/mol. The number of methoxy groups -OCH3 is 1. The Labute approximate surface area is 143 Å². The molecule has 4 heteroatoms. The average molecular weight is 327 g/mol. The zero-order valence-corrected chi connectivity index (χ0v) is 14.7. The van der Waals surface area contributed by atoms with E-state index in [9.17, 15) is 4.79 Å². The molecule has 2 aromatic carbocycles. The van der Waals surface area contributed by atoms with Crippen LogP contribution in [-0.2, 0) is 11.2 Å². The van der Waals surface area contributed by atoms with E-state index >= 15 is 0 Å². The van der Waals surface area contributed by atoms with Crippen LogP contribution in [0.1, 0.15) is 26.3 Å². The van der Waals surface area contributed by atoms with Gasteiger partial charge < -0.3 is 14.8 Å². The number of nitrogens with one attached hydrogen (secondary N) is 1. The molecule has 2 rings (SSSR count). The van der Waals surface area contributed by atoms with Gasteiger partial charge >= 0.3 is 0 Å². The Bertz CT molecular complexity index is 668. The number of hydrogen-bond acceptors (Lipinski definition) is 3. The molecular weight excluding hydrogens is 302 g/mol. The molecule has 1 N–H and O–H groups in total. The van der Waals surface area contributed by atoms with Gasteiger partial charge in [0.25, 0.3) is 5.91 Å². The van der Waals surface area contributed by atoms with Gasteiger partial charge in [-0.15, -0.1) is 0 Å². The first-order valence-electron chi connectivity index (χ1n) is 8.06. The zero-order valence-electron chi connectivity index (χ0n) is 14.7. The van der Waals surface area contributed by atoms with Crippen LogP contribution in [-0.4, -0.2) is 24.7 Å². The topological polar surface area (TPSA) is 47.6 Å². The van der Waals surface area contributed by atoms with Gasteiger partial charge in [-0.25, -0.2) is 0 Å². The van der Waals surface area contributed by atoms with Crippen molar-refractivity contribution in [2.24, 2.45) is 0 Å². The Morgan fingerprint density at radius 3 is 2.42 bits per heavy atom. The van der Waals surface area contributed by atoms with Crippen molar-refractivity contribution in [2.75, 3.05) is 7.11 Å². The minimum atomic E-state index is -0.591. The second-order valence-electron chi connectivity index (χ2n) is 6.47. The number of carbonyl (C=O) groups excluding carboxylic acids is 1. The fourth-order valence-electron chi connectivity index (χ4n) is 2.52. The lowest BCUT2D eigenvalue weighted by atomic mass is 9.94. The van der Waals surface area contributed by atoms with Gasteiger partial charge in [-0.2, -0.15) is 0 Å². The van der Waals surface area contributed by atoms with Crippen LogP contribution < -0.4 is 14.8 Å². The Kier molecular flexibility index (Phi) is 5.85. The first-order valence-corrected chi connectivity index (χ1v) is 8.06. The van der Waals surface area contributed by atoms with Crippen LogP contribution in [0.3, 0.4) is 0 Å². The summed E-state index contributed by atoms with van der Waals surface area (Å²) in [5.74, 6) is 1.17. The molecule has 2 aromatic rings. The summed E-state index contributed by atoms with van der Waals surface area (Å²) in [6.07, 6.45) is 0.165. The fraction of sp³-hybridized carbons (Fsp3) is 0.350. The highest BCUT2D eigenvalue weighted by Gasteiger charge is 2.25. The van der Waals surface area contributed by atoms with Crippen molar-refractivity contribution in [3.05, 3.63) is 60.2 Å². The molecule has 0 bridgehead atoms. The second-order valence-corrected chi connectivity index (χ2v) is 6.47. The first-order chi connectivity index (χ1) is 11.4. The van der Waals surface area contributed by atoms with Crippen LogP contribution >= 0.6 is 0 Å². The van der Waals surface area contributed by atoms with Crippen LogP contribution in [0.15, 0.2) is 54.6 Å². The molecule has 0 aliphatic heterocycles. The molecular formula is C20H25NO3. The van der Waals surface area contributed by atoms with E-state index in [1.54, 1.807) is 26.2 Å². The third-order valence-electron chi connectivity index (χ3n) is 3.67. The van der Waals surface area contributed by atoms with Crippen molar-refractivity contribution >= 4 is 5.91 Å². The van der Waals surface area contributed by atoms with E-state index in [-0.39, 0.29) is 11.4 Å². The minimum absolute atomic E-state index is 0.140. The van der Waals surface area contributed by atoms with Gasteiger partial charge in [-0.05, 0) is 44.9 Å². The highest BCUT2D eigenvalue weighted by Crippen LogP contribution is 2.20. The van der Waals surface area contributed by atoms with E-state index in [0.717, 1.165) is 6.42 Å². The summed E-state index contributed by atoms with van der Waals surface area (Å²) in [4.78, 5) is 12.4. The first kappa shape index (κ1) is 17.9. The number of benzene rings is 2. The number of ether oxygens (including phenoxy) is 2. The van der Waals surface area contributed by atoms with Crippen LogP contribution in [0.2, 0.25) is 0 Å². The van der Waals surface area contributed by atoms with Crippen molar-refractivity contribution in [1.29, 1.82) is 0 Å². The summed E-state index contributed by atoms with van der Waals surface area (Å²) in [6, 6.07) is 17.3. The molecule has 24 heavy (non-hydrogen) atoms. The molecule has 0 saturated heterocycles. The Morgan fingerprint density at radius 1 is 1.08 bits per heavy atom. The summed E-state index contributed by atoms with van der Waals surface area (Å²) in [5.41, 5.74) is 0.828.